The summed E-state index contributed by atoms with van der Waals surface area (Å²) in [5.74, 6) is 0.529. The molecule has 2 aromatic carbocycles. The van der Waals surface area contributed by atoms with Crippen LogP contribution in [0.15, 0.2) is 54.7 Å². The fourth-order valence-corrected chi connectivity index (χ4v) is 2.37. The summed E-state index contributed by atoms with van der Waals surface area (Å²) in [6.07, 6.45) is -3.10. The first-order valence-corrected chi connectivity index (χ1v) is 9.10. The predicted molar refractivity (Wildman–Crippen MR) is 102 cm³/mol. The predicted octanol–water partition coefficient (Wildman–Crippen LogP) is 2.87. The van der Waals surface area contributed by atoms with Crippen LogP contribution in [0.3, 0.4) is 0 Å². The molecular weight excluding hydrogens is 419 g/mol. The van der Waals surface area contributed by atoms with E-state index >= 15 is 0 Å². The highest BCUT2D eigenvalue weighted by Gasteiger charge is 2.31. The maximum absolute atomic E-state index is 12.2. The third-order valence-electron chi connectivity index (χ3n) is 3.98. The molecule has 1 atom stereocenters. The second-order valence-corrected chi connectivity index (χ2v) is 6.90. The molecule has 0 saturated heterocycles. The van der Waals surface area contributed by atoms with E-state index in [0.29, 0.717) is 22.9 Å². The maximum Gasteiger partial charge on any atom is 0.573 e. The second kappa shape index (κ2) is 9.23. The van der Waals surface area contributed by atoms with E-state index < -0.39 is 18.6 Å². The Balaban J connectivity index is 1.54. The fourth-order valence-electron chi connectivity index (χ4n) is 2.37. The molecular formula is C20H20F3N3O5. The third kappa shape index (κ3) is 6.86. The van der Waals surface area contributed by atoms with Gasteiger partial charge in [0.05, 0.1) is 18.5 Å². The molecule has 1 unspecified atom stereocenters. The minimum atomic E-state index is -4.75. The molecule has 1 heterocycles. The molecule has 0 aliphatic carbocycles. The first-order chi connectivity index (χ1) is 14.6. The van der Waals surface area contributed by atoms with Crippen molar-refractivity contribution < 1.29 is 37.6 Å². The van der Waals surface area contributed by atoms with Gasteiger partial charge in [-0.25, -0.2) is 4.68 Å². The number of ether oxygens (including phenoxy) is 3. The Kier molecular flexibility index (Phi) is 6.66. The highest BCUT2D eigenvalue weighted by Crippen LogP contribution is 2.25. The summed E-state index contributed by atoms with van der Waals surface area (Å²) in [4.78, 5) is 0. The molecule has 0 fully saturated rings. The molecule has 0 spiro atoms. The van der Waals surface area contributed by atoms with Gasteiger partial charge in [0.2, 0.25) is 0 Å². The van der Waals surface area contributed by atoms with Gasteiger partial charge >= 0.3 is 6.36 Å². The first-order valence-electron chi connectivity index (χ1n) is 9.10. The molecule has 0 saturated carbocycles. The molecule has 31 heavy (non-hydrogen) atoms. The Hall–Kier alpha value is -3.31. The summed E-state index contributed by atoms with van der Waals surface area (Å²) in [6, 6.07) is 11.9. The summed E-state index contributed by atoms with van der Waals surface area (Å²) in [5, 5.41) is 26.8. The van der Waals surface area contributed by atoms with Gasteiger partial charge in [-0.15, -0.1) is 18.3 Å². The number of hydrogen-bond donors (Lipinski definition) is 2. The number of aromatic nitrogens is 3. The van der Waals surface area contributed by atoms with Crippen LogP contribution in [0.25, 0.3) is 5.69 Å². The van der Waals surface area contributed by atoms with Crippen molar-refractivity contribution in [2.24, 2.45) is 0 Å². The number of halogens is 3. The maximum atomic E-state index is 12.2. The number of benzene rings is 2. The number of alkyl halides is 3. The van der Waals surface area contributed by atoms with Crippen LogP contribution in [0.2, 0.25) is 0 Å². The molecule has 1 aromatic heterocycles. The van der Waals surface area contributed by atoms with E-state index in [4.69, 9.17) is 14.6 Å². The summed E-state index contributed by atoms with van der Waals surface area (Å²) < 4.78 is 52.8. The number of nitrogens with zero attached hydrogens (tertiary/aromatic N) is 3. The summed E-state index contributed by atoms with van der Waals surface area (Å²) >= 11 is 0. The van der Waals surface area contributed by atoms with Gasteiger partial charge in [-0.2, -0.15) is 0 Å². The number of hydrogen-bond acceptors (Lipinski definition) is 7. The smallest absolute Gasteiger partial charge is 0.491 e. The van der Waals surface area contributed by atoms with Gasteiger partial charge in [-0.3, -0.25) is 0 Å². The van der Waals surface area contributed by atoms with E-state index in [-0.39, 0.29) is 19.0 Å². The Morgan fingerprint density at radius 2 is 1.52 bits per heavy atom. The topological polar surface area (TPSA) is 98.9 Å². The van der Waals surface area contributed by atoms with Crippen molar-refractivity contribution in [3.8, 4) is 22.9 Å². The molecule has 11 heteroatoms. The molecule has 166 valence electrons. The molecule has 2 N–H and O–H groups in total. The fraction of sp³-hybridized carbons (Fsp3) is 0.300. The summed E-state index contributed by atoms with van der Waals surface area (Å²) in [5.41, 5.74) is -0.117. The summed E-state index contributed by atoms with van der Waals surface area (Å²) in [6.45, 7) is 1.05. The van der Waals surface area contributed by atoms with E-state index in [1.165, 1.54) is 23.7 Å². The Bertz CT molecular complexity index is 973. The lowest BCUT2D eigenvalue weighted by Crippen LogP contribution is -2.36. The van der Waals surface area contributed by atoms with Crippen LogP contribution >= 0.6 is 0 Å². The van der Waals surface area contributed by atoms with Crippen LogP contribution in [0.1, 0.15) is 12.6 Å². The van der Waals surface area contributed by atoms with E-state index in [1.807, 2.05) is 0 Å². The molecule has 3 rings (SSSR count). The lowest BCUT2D eigenvalue weighted by atomic mass is 10.1. The monoisotopic (exact) mass is 439 g/mol. The highest BCUT2D eigenvalue weighted by atomic mass is 19.4. The lowest BCUT2D eigenvalue weighted by Gasteiger charge is -2.20. The van der Waals surface area contributed by atoms with Gasteiger partial charge in [0.25, 0.3) is 0 Å². The normalized spacial score (nSPS) is 13.5. The quantitative estimate of drug-likeness (QED) is 0.529. The third-order valence-corrected chi connectivity index (χ3v) is 3.98. The van der Waals surface area contributed by atoms with Crippen LogP contribution in [0, 0.1) is 0 Å². The molecule has 0 radical (unpaired) electrons. The van der Waals surface area contributed by atoms with Crippen LogP contribution < -0.4 is 14.2 Å². The van der Waals surface area contributed by atoms with Gasteiger partial charge in [0.1, 0.15) is 41.8 Å². The zero-order valence-corrected chi connectivity index (χ0v) is 16.4. The standard InChI is InChI=1S/C20H20F3N3O5/c1-19(28,12-27)13-30-17-4-2-15(3-5-17)26-10-14(24-25-26)11-29-16-6-8-18(9-7-16)31-20(21,22)23/h2-10,27-28H,11-13H2,1H3. The zero-order valence-electron chi connectivity index (χ0n) is 16.4. The Morgan fingerprint density at radius 3 is 2.13 bits per heavy atom. The van der Waals surface area contributed by atoms with Crippen molar-refractivity contribution in [3.05, 3.63) is 60.4 Å². The largest absolute Gasteiger partial charge is 0.573 e. The van der Waals surface area contributed by atoms with Crippen molar-refractivity contribution in [1.82, 2.24) is 15.0 Å². The van der Waals surface area contributed by atoms with Crippen LogP contribution in [0.4, 0.5) is 13.2 Å². The van der Waals surface area contributed by atoms with Crippen molar-refractivity contribution >= 4 is 0 Å². The minimum Gasteiger partial charge on any atom is -0.491 e. The van der Waals surface area contributed by atoms with E-state index in [9.17, 15) is 18.3 Å². The van der Waals surface area contributed by atoms with E-state index in [1.54, 1.807) is 30.5 Å². The molecule has 0 aliphatic heterocycles. The Morgan fingerprint density at radius 1 is 0.935 bits per heavy atom. The van der Waals surface area contributed by atoms with Gasteiger partial charge < -0.3 is 24.4 Å². The van der Waals surface area contributed by atoms with Crippen LogP contribution in [-0.4, -0.2) is 50.4 Å². The van der Waals surface area contributed by atoms with Gasteiger partial charge in [-0.05, 0) is 55.5 Å². The van der Waals surface area contributed by atoms with Gasteiger partial charge in [-0.1, -0.05) is 5.21 Å². The van der Waals surface area contributed by atoms with Crippen molar-refractivity contribution in [1.29, 1.82) is 0 Å². The minimum absolute atomic E-state index is 0.0586. The van der Waals surface area contributed by atoms with Crippen molar-refractivity contribution in [3.63, 3.8) is 0 Å². The average molecular weight is 439 g/mol. The molecule has 0 aliphatic rings. The SMILES string of the molecule is CC(O)(CO)COc1ccc(-n2cc(COc3ccc(OC(F)(F)F)cc3)nn2)cc1. The lowest BCUT2D eigenvalue weighted by molar-refractivity contribution is -0.274. The van der Waals surface area contributed by atoms with Gasteiger partial charge in [0.15, 0.2) is 0 Å². The number of rotatable bonds is 9. The number of aliphatic hydroxyl groups excluding tert-OH is 1. The van der Waals surface area contributed by atoms with E-state index in [0.717, 1.165) is 12.1 Å². The Labute approximate surface area is 175 Å². The molecule has 3 aromatic rings. The highest BCUT2D eigenvalue weighted by molar-refractivity contribution is 5.37. The van der Waals surface area contributed by atoms with Gasteiger partial charge in [0, 0.05) is 0 Å². The molecule has 0 bridgehead atoms. The van der Waals surface area contributed by atoms with Crippen molar-refractivity contribution in [2.45, 2.75) is 25.5 Å². The molecule has 8 nitrogen and oxygen atoms in total. The second-order valence-electron chi connectivity index (χ2n) is 6.90. The van der Waals surface area contributed by atoms with Crippen LogP contribution in [0.5, 0.6) is 17.2 Å². The van der Waals surface area contributed by atoms with E-state index in [2.05, 4.69) is 15.0 Å². The van der Waals surface area contributed by atoms with Crippen molar-refractivity contribution in [2.75, 3.05) is 13.2 Å². The van der Waals surface area contributed by atoms with Crippen LogP contribution in [-0.2, 0) is 6.61 Å². The first kappa shape index (κ1) is 22.4. The zero-order chi connectivity index (χ0) is 22.5. The summed E-state index contributed by atoms with van der Waals surface area (Å²) in [7, 11) is 0. The average Bonchev–Trinajstić information content (AvgIpc) is 3.20. The molecule has 0 amide bonds. The number of aliphatic hydroxyl groups is 2.